The summed E-state index contributed by atoms with van der Waals surface area (Å²) in [6.45, 7) is 3.48. The van der Waals surface area contributed by atoms with Gasteiger partial charge in [0.25, 0.3) is 11.5 Å². The number of amides is 1. The molecule has 7 heteroatoms. The first-order valence-electron chi connectivity index (χ1n) is 11.1. The first-order chi connectivity index (χ1) is 15.1. The maximum absolute atomic E-state index is 13.2. The van der Waals surface area contributed by atoms with Crippen LogP contribution in [-0.2, 0) is 11.3 Å². The molecule has 2 atom stereocenters. The van der Waals surface area contributed by atoms with Crippen molar-refractivity contribution in [1.82, 2.24) is 9.47 Å². The van der Waals surface area contributed by atoms with E-state index < -0.39 is 0 Å². The molecule has 7 nitrogen and oxygen atoms in total. The van der Waals surface area contributed by atoms with Gasteiger partial charge in [-0.2, -0.15) is 0 Å². The van der Waals surface area contributed by atoms with Crippen molar-refractivity contribution in [3.63, 3.8) is 0 Å². The topological polar surface area (TPSA) is 72.8 Å². The normalized spacial score (nSPS) is 23.2. The summed E-state index contributed by atoms with van der Waals surface area (Å²) >= 11 is 0. The van der Waals surface area contributed by atoms with E-state index in [2.05, 4.69) is 11.4 Å². The summed E-state index contributed by atoms with van der Waals surface area (Å²) in [6, 6.07) is 11.6. The Morgan fingerprint density at radius 2 is 1.84 bits per heavy atom. The molecule has 1 amide bonds. The van der Waals surface area contributed by atoms with Crippen LogP contribution < -0.4 is 15.6 Å². The highest BCUT2D eigenvalue weighted by molar-refractivity contribution is 5.94. The zero-order chi connectivity index (χ0) is 21.4. The standard InChI is InChI=1S/C24H29N3O4/c1-30-20-4-2-17(3-5-20)23(28)26-13-16-12-18(15-26)22-7-6-21(24(29)27(22)14-16)25-19-8-10-31-11-9-19/h2-7,16,18-19,25H,8-15H2,1H3/t16-,18-/m1/s1. The third-order valence-electron chi connectivity index (χ3n) is 6.81. The van der Waals surface area contributed by atoms with Crippen LogP contribution in [-0.4, -0.2) is 54.8 Å². The highest BCUT2D eigenvalue weighted by Gasteiger charge is 2.37. The molecule has 2 aromatic rings. The predicted molar refractivity (Wildman–Crippen MR) is 118 cm³/mol. The number of ether oxygens (including phenoxy) is 2. The number of methoxy groups -OCH3 is 1. The first kappa shape index (κ1) is 20.1. The Bertz CT molecular complexity index is 1010. The van der Waals surface area contributed by atoms with Gasteiger partial charge >= 0.3 is 0 Å². The zero-order valence-corrected chi connectivity index (χ0v) is 17.9. The number of carbonyl (C=O) groups is 1. The molecule has 3 aliphatic heterocycles. The maximum atomic E-state index is 13.2. The predicted octanol–water partition coefficient (Wildman–Crippen LogP) is 2.71. The number of nitrogens with one attached hydrogen (secondary N) is 1. The smallest absolute Gasteiger partial charge is 0.274 e. The third kappa shape index (κ3) is 3.94. The van der Waals surface area contributed by atoms with E-state index in [1.807, 2.05) is 39.8 Å². The van der Waals surface area contributed by atoms with E-state index >= 15 is 0 Å². The third-order valence-corrected chi connectivity index (χ3v) is 6.81. The molecule has 31 heavy (non-hydrogen) atoms. The second-order valence-corrected chi connectivity index (χ2v) is 8.86. The molecule has 2 saturated heterocycles. The number of pyridine rings is 1. The van der Waals surface area contributed by atoms with Gasteiger partial charge in [0.15, 0.2) is 0 Å². The van der Waals surface area contributed by atoms with E-state index in [0.29, 0.717) is 42.8 Å². The highest BCUT2D eigenvalue weighted by Crippen LogP contribution is 2.36. The number of piperidine rings is 1. The molecule has 0 spiro atoms. The van der Waals surface area contributed by atoms with Gasteiger partial charge in [-0.15, -0.1) is 0 Å². The van der Waals surface area contributed by atoms with Gasteiger partial charge in [0.2, 0.25) is 0 Å². The van der Waals surface area contributed by atoms with Crippen LogP contribution in [0.4, 0.5) is 5.69 Å². The monoisotopic (exact) mass is 423 g/mol. The number of benzene rings is 1. The van der Waals surface area contributed by atoms with Gasteiger partial charge in [-0.25, -0.2) is 0 Å². The van der Waals surface area contributed by atoms with Crippen LogP contribution in [0.1, 0.15) is 41.2 Å². The van der Waals surface area contributed by atoms with Crippen LogP contribution in [0.15, 0.2) is 41.2 Å². The summed E-state index contributed by atoms with van der Waals surface area (Å²) in [5.74, 6) is 1.28. The molecular formula is C24H29N3O4. The van der Waals surface area contributed by atoms with Gasteiger partial charge in [0.1, 0.15) is 11.4 Å². The molecule has 0 saturated carbocycles. The Hall–Kier alpha value is -2.80. The number of carbonyl (C=O) groups excluding carboxylic acids is 1. The number of hydrogen-bond acceptors (Lipinski definition) is 5. The fourth-order valence-corrected chi connectivity index (χ4v) is 5.20. The lowest BCUT2D eigenvalue weighted by molar-refractivity contribution is 0.0594. The van der Waals surface area contributed by atoms with Gasteiger partial charge in [-0.1, -0.05) is 0 Å². The van der Waals surface area contributed by atoms with Crippen LogP contribution in [0, 0.1) is 5.92 Å². The van der Waals surface area contributed by atoms with Gasteiger partial charge < -0.3 is 24.3 Å². The molecule has 1 aromatic heterocycles. The number of aromatic nitrogens is 1. The Labute approximate surface area is 182 Å². The molecule has 2 bridgehead atoms. The average Bonchev–Trinajstić information content (AvgIpc) is 2.81. The van der Waals surface area contributed by atoms with Crippen molar-refractivity contribution >= 4 is 11.6 Å². The molecule has 1 N–H and O–H groups in total. The Kier molecular flexibility index (Phi) is 5.44. The van der Waals surface area contributed by atoms with Gasteiger partial charge in [0.05, 0.1) is 7.11 Å². The summed E-state index contributed by atoms with van der Waals surface area (Å²) in [5.41, 5.74) is 2.47. The van der Waals surface area contributed by atoms with Crippen LogP contribution in [0.5, 0.6) is 5.75 Å². The SMILES string of the molecule is COc1ccc(C(=O)N2C[C@H]3C[C@H](C2)c2ccc(NC4CCOCC4)c(=O)n2C3)cc1. The van der Waals surface area contributed by atoms with E-state index in [1.54, 1.807) is 7.11 Å². The van der Waals surface area contributed by atoms with Crippen molar-refractivity contribution < 1.29 is 14.3 Å². The lowest BCUT2D eigenvalue weighted by atomic mass is 9.83. The van der Waals surface area contributed by atoms with Crippen LogP contribution in [0.2, 0.25) is 0 Å². The minimum absolute atomic E-state index is 0.0472. The van der Waals surface area contributed by atoms with Crippen molar-refractivity contribution in [3.8, 4) is 5.75 Å². The van der Waals surface area contributed by atoms with E-state index in [4.69, 9.17) is 9.47 Å². The Morgan fingerprint density at radius 3 is 2.58 bits per heavy atom. The van der Waals surface area contributed by atoms with Gasteiger partial charge in [-0.05, 0) is 61.6 Å². The van der Waals surface area contributed by atoms with E-state index in [0.717, 1.165) is 43.9 Å². The summed E-state index contributed by atoms with van der Waals surface area (Å²) in [7, 11) is 1.62. The molecule has 164 valence electrons. The number of hydrogen-bond donors (Lipinski definition) is 1. The molecule has 0 unspecified atom stereocenters. The first-order valence-corrected chi connectivity index (χ1v) is 11.1. The quantitative estimate of drug-likeness (QED) is 0.819. The van der Waals surface area contributed by atoms with Crippen LogP contribution in [0.3, 0.4) is 0 Å². The van der Waals surface area contributed by atoms with Crippen molar-refractivity contribution in [2.24, 2.45) is 5.92 Å². The lowest BCUT2D eigenvalue weighted by Gasteiger charge is -2.43. The van der Waals surface area contributed by atoms with Gasteiger partial charge in [-0.3, -0.25) is 9.59 Å². The van der Waals surface area contributed by atoms with Crippen LogP contribution >= 0.6 is 0 Å². The Morgan fingerprint density at radius 1 is 1.06 bits per heavy atom. The molecule has 1 aromatic carbocycles. The summed E-state index contributed by atoms with van der Waals surface area (Å²) < 4.78 is 12.6. The molecule has 3 aliphatic rings. The summed E-state index contributed by atoms with van der Waals surface area (Å²) in [5, 5.41) is 3.43. The number of rotatable bonds is 4. The largest absolute Gasteiger partial charge is 0.497 e. The van der Waals surface area contributed by atoms with Crippen molar-refractivity contribution in [3.05, 3.63) is 58.0 Å². The summed E-state index contributed by atoms with van der Waals surface area (Å²) in [6.07, 6.45) is 2.88. The maximum Gasteiger partial charge on any atom is 0.274 e. The molecule has 2 fully saturated rings. The highest BCUT2D eigenvalue weighted by atomic mass is 16.5. The Balaban J connectivity index is 1.34. The number of likely N-dealkylation sites (tertiary alicyclic amines) is 1. The number of nitrogens with zero attached hydrogens (tertiary/aromatic N) is 2. The zero-order valence-electron chi connectivity index (χ0n) is 17.9. The molecule has 5 rings (SSSR count). The fourth-order valence-electron chi connectivity index (χ4n) is 5.20. The minimum atomic E-state index is 0.0472. The number of fused-ring (bicyclic) bond motifs is 4. The average molecular weight is 424 g/mol. The second-order valence-electron chi connectivity index (χ2n) is 8.86. The molecule has 0 radical (unpaired) electrons. The molecule has 4 heterocycles. The van der Waals surface area contributed by atoms with E-state index in [1.165, 1.54) is 0 Å². The van der Waals surface area contributed by atoms with Crippen molar-refractivity contribution in [2.45, 2.75) is 37.8 Å². The van der Waals surface area contributed by atoms with Crippen molar-refractivity contribution in [2.75, 3.05) is 38.7 Å². The van der Waals surface area contributed by atoms with Crippen molar-refractivity contribution in [1.29, 1.82) is 0 Å². The summed E-state index contributed by atoms with van der Waals surface area (Å²) in [4.78, 5) is 28.2. The van der Waals surface area contributed by atoms with Gasteiger partial charge in [0, 0.05) is 56.1 Å². The fraction of sp³-hybridized carbons (Fsp3) is 0.500. The lowest BCUT2D eigenvalue weighted by Crippen LogP contribution is -2.49. The van der Waals surface area contributed by atoms with Crippen LogP contribution in [0.25, 0.3) is 0 Å². The second kappa shape index (κ2) is 8.38. The number of anilines is 1. The van der Waals surface area contributed by atoms with E-state index in [9.17, 15) is 9.59 Å². The minimum Gasteiger partial charge on any atom is -0.497 e. The van der Waals surface area contributed by atoms with E-state index in [-0.39, 0.29) is 17.4 Å². The molecule has 0 aliphatic carbocycles. The molecular weight excluding hydrogens is 394 g/mol.